The quantitative estimate of drug-likeness (QED) is 0.720. The van der Waals surface area contributed by atoms with E-state index >= 15 is 0 Å². The van der Waals surface area contributed by atoms with Crippen LogP contribution in [0.25, 0.3) is 10.6 Å². The predicted octanol–water partition coefficient (Wildman–Crippen LogP) is 4.23. The summed E-state index contributed by atoms with van der Waals surface area (Å²) in [5.74, 6) is 0.510. The van der Waals surface area contributed by atoms with Crippen molar-refractivity contribution in [1.82, 2.24) is 4.98 Å². The van der Waals surface area contributed by atoms with Crippen molar-refractivity contribution in [2.75, 3.05) is 0 Å². The van der Waals surface area contributed by atoms with Crippen molar-refractivity contribution >= 4 is 34.3 Å². The Balaban J connectivity index is 2.51. The van der Waals surface area contributed by atoms with Crippen molar-refractivity contribution in [1.29, 1.82) is 0 Å². The Kier molecular flexibility index (Phi) is 2.91. The summed E-state index contributed by atoms with van der Waals surface area (Å²) in [5.41, 5.74) is 2.41. The van der Waals surface area contributed by atoms with Crippen LogP contribution in [0.3, 0.4) is 0 Å². The molecule has 0 unspecified atom stereocenters. The minimum absolute atomic E-state index is 0.510. The maximum absolute atomic E-state index is 5.76. The zero-order valence-electron chi connectivity index (χ0n) is 8.00. The van der Waals surface area contributed by atoms with E-state index in [-0.39, 0.29) is 0 Å². The van der Waals surface area contributed by atoms with Crippen LogP contribution in [0.1, 0.15) is 15.4 Å². The number of hydrogen-bond donors (Lipinski definition) is 0. The second-order valence-electron chi connectivity index (χ2n) is 3.08. The number of aromatic nitrogens is 1. The van der Waals surface area contributed by atoms with Gasteiger partial charge >= 0.3 is 0 Å². The normalized spacial score (nSPS) is 10.8. The van der Waals surface area contributed by atoms with Crippen LogP contribution in [-0.4, -0.2) is 4.98 Å². The summed E-state index contributed by atoms with van der Waals surface area (Å²) in [6.07, 6.45) is 0. The van der Waals surface area contributed by atoms with Crippen molar-refractivity contribution in [2.45, 2.75) is 19.7 Å². The Bertz CT molecular complexity index is 445. The van der Waals surface area contributed by atoms with Gasteiger partial charge in [-0.3, -0.25) is 0 Å². The first-order chi connectivity index (χ1) is 6.72. The first-order valence-corrected chi connectivity index (χ1v) is 6.52. The number of alkyl halides is 1. The molecule has 0 bridgehead atoms. The average molecular weight is 244 g/mol. The molecular weight excluding hydrogens is 234 g/mol. The number of thiazole rings is 1. The molecule has 0 aromatic carbocycles. The Morgan fingerprint density at radius 3 is 2.71 bits per heavy atom. The zero-order chi connectivity index (χ0) is 10.1. The van der Waals surface area contributed by atoms with E-state index in [1.807, 2.05) is 0 Å². The molecule has 2 heterocycles. The van der Waals surface area contributed by atoms with Crippen molar-refractivity contribution in [3.8, 4) is 10.6 Å². The van der Waals surface area contributed by atoms with Gasteiger partial charge in [-0.1, -0.05) is 0 Å². The number of aryl methyl sites for hydroxylation is 2. The number of rotatable bonds is 2. The molecule has 0 aliphatic carbocycles. The second-order valence-corrected chi connectivity index (χ2v) is 5.55. The van der Waals surface area contributed by atoms with E-state index in [9.17, 15) is 0 Å². The van der Waals surface area contributed by atoms with Crippen molar-refractivity contribution in [3.63, 3.8) is 0 Å². The summed E-state index contributed by atoms with van der Waals surface area (Å²) in [5, 5.41) is 3.11. The highest BCUT2D eigenvalue weighted by Crippen LogP contribution is 2.33. The molecule has 0 aliphatic heterocycles. The van der Waals surface area contributed by atoms with Crippen LogP contribution in [0.5, 0.6) is 0 Å². The zero-order valence-corrected chi connectivity index (χ0v) is 10.4. The monoisotopic (exact) mass is 243 g/mol. The van der Waals surface area contributed by atoms with Crippen LogP contribution < -0.4 is 0 Å². The van der Waals surface area contributed by atoms with Crippen LogP contribution >= 0.6 is 34.3 Å². The van der Waals surface area contributed by atoms with Gasteiger partial charge in [-0.05, 0) is 30.9 Å². The Morgan fingerprint density at radius 2 is 2.21 bits per heavy atom. The number of hydrogen-bond acceptors (Lipinski definition) is 3. The molecule has 0 radical (unpaired) electrons. The molecular formula is C10H10ClNS2. The van der Waals surface area contributed by atoms with E-state index in [0.29, 0.717) is 5.88 Å². The van der Waals surface area contributed by atoms with E-state index in [0.717, 1.165) is 10.7 Å². The fourth-order valence-electron chi connectivity index (χ4n) is 1.33. The maximum Gasteiger partial charge on any atom is 0.108 e. The van der Waals surface area contributed by atoms with Gasteiger partial charge in [0.05, 0.1) is 16.5 Å². The topological polar surface area (TPSA) is 12.9 Å². The lowest BCUT2D eigenvalue weighted by Gasteiger charge is -1.95. The first kappa shape index (κ1) is 10.1. The van der Waals surface area contributed by atoms with Crippen molar-refractivity contribution in [2.24, 2.45) is 0 Å². The van der Waals surface area contributed by atoms with E-state index in [2.05, 4.69) is 30.3 Å². The second kappa shape index (κ2) is 4.01. The fourth-order valence-corrected chi connectivity index (χ4v) is 3.38. The number of nitrogens with zero attached hydrogens (tertiary/aromatic N) is 1. The minimum atomic E-state index is 0.510. The summed E-state index contributed by atoms with van der Waals surface area (Å²) >= 11 is 9.19. The highest BCUT2D eigenvalue weighted by Gasteiger charge is 2.11. The van der Waals surface area contributed by atoms with E-state index in [1.54, 1.807) is 22.7 Å². The molecule has 0 amide bonds. The van der Waals surface area contributed by atoms with Gasteiger partial charge in [-0.2, -0.15) is 0 Å². The first-order valence-electron chi connectivity index (χ1n) is 4.29. The van der Waals surface area contributed by atoms with Crippen molar-refractivity contribution < 1.29 is 0 Å². The highest BCUT2D eigenvalue weighted by atomic mass is 35.5. The molecule has 0 saturated carbocycles. The molecule has 0 fully saturated rings. The SMILES string of the molecule is Cc1ccsc1-c1nc(CCl)sc1C. The van der Waals surface area contributed by atoms with Crippen LogP contribution in [0.15, 0.2) is 11.4 Å². The molecule has 2 rings (SSSR count). The fraction of sp³-hybridized carbons (Fsp3) is 0.300. The van der Waals surface area contributed by atoms with Crippen LogP contribution in [0, 0.1) is 13.8 Å². The van der Waals surface area contributed by atoms with Crippen LogP contribution in [0.4, 0.5) is 0 Å². The molecule has 0 atom stereocenters. The number of thiophene rings is 1. The Morgan fingerprint density at radius 1 is 1.43 bits per heavy atom. The van der Waals surface area contributed by atoms with Gasteiger partial charge in [-0.15, -0.1) is 34.3 Å². The summed E-state index contributed by atoms with van der Waals surface area (Å²) in [6, 6.07) is 2.12. The summed E-state index contributed by atoms with van der Waals surface area (Å²) in [7, 11) is 0. The third kappa shape index (κ3) is 1.72. The molecule has 0 aliphatic rings. The van der Waals surface area contributed by atoms with Crippen LogP contribution in [-0.2, 0) is 5.88 Å². The van der Waals surface area contributed by atoms with Gasteiger partial charge in [0.25, 0.3) is 0 Å². The standard InChI is InChI=1S/C10H10ClNS2/c1-6-3-4-13-10(6)9-7(2)14-8(5-11)12-9/h3-4H,5H2,1-2H3. The molecule has 2 aromatic rings. The number of halogens is 1. The lowest BCUT2D eigenvalue weighted by Crippen LogP contribution is -1.80. The summed E-state index contributed by atoms with van der Waals surface area (Å²) in [4.78, 5) is 7.06. The van der Waals surface area contributed by atoms with Gasteiger partial charge in [0.1, 0.15) is 5.01 Å². The van der Waals surface area contributed by atoms with Gasteiger partial charge in [0.2, 0.25) is 0 Å². The molecule has 14 heavy (non-hydrogen) atoms. The van der Waals surface area contributed by atoms with Gasteiger partial charge in [-0.25, -0.2) is 4.98 Å². The molecule has 0 N–H and O–H groups in total. The average Bonchev–Trinajstić information content (AvgIpc) is 2.72. The maximum atomic E-state index is 5.76. The molecule has 0 spiro atoms. The van der Waals surface area contributed by atoms with Gasteiger partial charge in [0, 0.05) is 4.88 Å². The smallest absolute Gasteiger partial charge is 0.108 e. The van der Waals surface area contributed by atoms with Gasteiger partial charge < -0.3 is 0 Å². The molecule has 0 saturated heterocycles. The third-order valence-electron chi connectivity index (χ3n) is 2.03. The summed E-state index contributed by atoms with van der Waals surface area (Å²) in [6.45, 7) is 4.22. The summed E-state index contributed by atoms with van der Waals surface area (Å²) < 4.78 is 0. The van der Waals surface area contributed by atoms with E-state index < -0.39 is 0 Å². The highest BCUT2D eigenvalue weighted by molar-refractivity contribution is 7.15. The molecule has 1 nitrogen and oxygen atoms in total. The lowest BCUT2D eigenvalue weighted by atomic mass is 10.2. The minimum Gasteiger partial charge on any atom is -0.239 e. The molecule has 74 valence electrons. The third-order valence-corrected chi connectivity index (χ3v) is 4.44. The van der Waals surface area contributed by atoms with E-state index in [4.69, 9.17) is 11.6 Å². The largest absolute Gasteiger partial charge is 0.239 e. The van der Waals surface area contributed by atoms with E-state index in [1.165, 1.54) is 15.3 Å². The Hall–Kier alpha value is -0.380. The van der Waals surface area contributed by atoms with Crippen LogP contribution in [0.2, 0.25) is 0 Å². The molecule has 2 aromatic heterocycles. The van der Waals surface area contributed by atoms with Crippen molar-refractivity contribution in [3.05, 3.63) is 26.9 Å². The van der Waals surface area contributed by atoms with Gasteiger partial charge in [0.15, 0.2) is 0 Å². The Labute approximate surface area is 96.4 Å². The lowest BCUT2D eigenvalue weighted by molar-refractivity contribution is 1.26. The predicted molar refractivity (Wildman–Crippen MR) is 64.5 cm³/mol. The molecule has 4 heteroatoms.